The lowest BCUT2D eigenvalue weighted by atomic mass is 9.81. The Morgan fingerprint density at radius 2 is 1.66 bits per heavy atom. The number of aryl methyl sites for hydroxylation is 1. The quantitative estimate of drug-likeness (QED) is 0.101. The lowest BCUT2D eigenvalue weighted by molar-refractivity contribution is -0.132. The van der Waals surface area contributed by atoms with Gasteiger partial charge in [0.05, 0.1) is 41.8 Å². The Balaban J connectivity index is 0.647. The summed E-state index contributed by atoms with van der Waals surface area (Å²) in [6.45, 7) is 5.87. The number of ether oxygens (including phenoxy) is 3. The zero-order valence-electron chi connectivity index (χ0n) is 32.5. The van der Waals surface area contributed by atoms with Gasteiger partial charge in [-0.25, -0.2) is 4.98 Å². The zero-order valence-corrected chi connectivity index (χ0v) is 32.5. The summed E-state index contributed by atoms with van der Waals surface area (Å²) in [5, 5.41) is 2.36. The molecule has 2 saturated carbocycles. The second-order valence-corrected chi connectivity index (χ2v) is 16.6. The molecule has 5 aliphatic rings. The molecular formula is C45H46N6O7. The second kappa shape index (κ2) is 15.0. The van der Waals surface area contributed by atoms with Crippen molar-refractivity contribution in [2.75, 3.05) is 45.9 Å². The molecule has 298 valence electrons. The first-order chi connectivity index (χ1) is 28.3. The Labute approximate surface area is 335 Å². The highest BCUT2D eigenvalue weighted by Gasteiger charge is 2.45. The molecule has 0 N–H and O–H groups in total. The molecule has 4 fully saturated rings. The Kier molecular flexibility index (Phi) is 9.54. The summed E-state index contributed by atoms with van der Waals surface area (Å²) >= 11 is 0. The maximum Gasteiger partial charge on any atom is 0.262 e. The lowest BCUT2D eigenvalue weighted by Crippen LogP contribution is -2.52. The van der Waals surface area contributed by atoms with Crippen molar-refractivity contribution in [1.29, 1.82) is 0 Å². The fraction of sp³-hybridized carbons (Fsp3) is 0.422. The molecule has 1 unspecified atom stereocenters. The summed E-state index contributed by atoms with van der Waals surface area (Å²) in [7, 11) is 2.09. The number of benzene rings is 2. The number of hydrogen-bond donors (Lipinski definition) is 0. The molecule has 2 aliphatic carbocycles. The average molecular weight is 783 g/mol. The SMILES string of the molecule is Cn1c2ccncc2c2ccc(-c3ccc(OC4CC(CN5CCN6C[C@H](OCCOc7ccc8c(c7)C(=O)N(C7CCC(=O)CC7=O)C8=O)C[C@H]6C5)C4)nc3)cc21. The van der Waals surface area contributed by atoms with Crippen LogP contribution in [0.1, 0.15) is 59.2 Å². The number of piperazine rings is 1. The Morgan fingerprint density at radius 3 is 2.50 bits per heavy atom. The molecule has 10 rings (SSSR count). The van der Waals surface area contributed by atoms with Gasteiger partial charge in [0.1, 0.15) is 24.2 Å². The van der Waals surface area contributed by atoms with Crippen molar-refractivity contribution in [3.05, 3.63) is 84.3 Å². The first-order valence-electron chi connectivity index (χ1n) is 20.5. The van der Waals surface area contributed by atoms with Gasteiger partial charge in [0.15, 0.2) is 5.78 Å². The smallest absolute Gasteiger partial charge is 0.262 e. The van der Waals surface area contributed by atoms with Crippen LogP contribution < -0.4 is 9.47 Å². The van der Waals surface area contributed by atoms with E-state index < -0.39 is 17.9 Å². The number of amides is 2. The molecule has 5 aromatic rings. The van der Waals surface area contributed by atoms with Gasteiger partial charge < -0.3 is 23.7 Å². The summed E-state index contributed by atoms with van der Waals surface area (Å²) in [4.78, 5) is 65.5. The van der Waals surface area contributed by atoms with Crippen LogP contribution in [0.3, 0.4) is 0 Å². The van der Waals surface area contributed by atoms with E-state index in [-0.39, 0.29) is 54.2 Å². The topological polar surface area (TPSA) is 136 Å². The van der Waals surface area contributed by atoms with E-state index in [1.54, 1.807) is 18.2 Å². The summed E-state index contributed by atoms with van der Waals surface area (Å²) in [5.41, 5.74) is 5.01. The van der Waals surface area contributed by atoms with Crippen molar-refractivity contribution in [1.82, 2.24) is 29.2 Å². The molecule has 0 radical (unpaired) electrons. The summed E-state index contributed by atoms with van der Waals surface area (Å²) in [6.07, 6.45) is 9.22. The van der Waals surface area contributed by atoms with Crippen molar-refractivity contribution in [3.8, 4) is 22.8 Å². The molecule has 3 aromatic heterocycles. The number of Topliss-reactive ketones (excluding diaryl/α,β-unsaturated/α-hetero) is 2. The summed E-state index contributed by atoms with van der Waals surface area (Å²) < 4.78 is 20.7. The normalized spacial score (nSPS) is 25.1. The largest absolute Gasteiger partial charge is 0.491 e. The van der Waals surface area contributed by atoms with E-state index in [2.05, 4.69) is 61.7 Å². The van der Waals surface area contributed by atoms with Crippen LogP contribution in [0.15, 0.2) is 73.2 Å². The van der Waals surface area contributed by atoms with Crippen LogP contribution in [-0.4, -0.2) is 123 Å². The minimum absolute atomic E-state index is 0.139. The van der Waals surface area contributed by atoms with Crippen molar-refractivity contribution >= 4 is 45.2 Å². The number of aromatic nitrogens is 3. The van der Waals surface area contributed by atoms with Crippen LogP contribution in [0.2, 0.25) is 0 Å². The molecule has 2 amide bonds. The van der Waals surface area contributed by atoms with E-state index in [0.29, 0.717) is 36.8 Å². The number of carbonyl (C=O) groups is 4. The number of pyridine rings is 2. The number of nitrogens with zero attached hydrogens (tertiary/aromatic N) is 6. The van der Waals surface area contributed by atoms with Crippen molar-refractivity contribution in [2.24, 2.45) is 13.0 Å². The standard InChI is InChI=1S/C45H46N6O7/c1-48-39-10-11-46-23-38(39)35-6-2-28(18-41(35)48)29-3-9-43(47-22-29)58-33-16-27(17-33)24-49-12-13-50-26-34(19-30(50)25-49)57-15-14-56-32-5-7-36-37(21-32)45(55)51(44(36)54)40-8-4-31(52)20-42(40)53/h2-3,5-7,9-11,18,21-23,27,30,33-34,40H,4,8,12-17,19-20,24-26H2,1H3/t27?,30-,33?,34+,40?/m0/s1. The van der Waals surface area contributed by atoms with Gasteiger partial charge in [-0.05, 0) is 73.6 Å². The molecule has 13 heteroatoms. The predicted octanol–water partition coefficient (Wildman–Crippen LogP) is 5.09. The molecule has 0 spiro atoms. The number of hydrogen-bond acceptors (Lipinski definition) is 11. The Hall–Kier alpha value is -5.50. The van der Waals surface area contributed by atoms with Gasteiger partial charge in [0.25, 0.3) is 11.8 Å². The van der Waals surface area contributed by atoms with E-state index in [4.69, 9.17) is 14.2 Å². The molecule has 58 heavy (non-hydrogen) atoms. The Bertz CT molecular complexity index is 2440. The third-order valence-corrected chi connectivity index (χ3v) is 12.9. The minimum Gasteiger partial charge on any atom is -0.491 e. The molecule has 0 bridgehead atoms. The first kappa shape index (κ1) is 36.8. The third-order valence-electron chi connectivity index (χ3n) is 12.9. The maximum atomic E-state index is 13.2. The van der Waals surface area contributed by atoms with Gasteiger partial charge >= 0.3 is 0 Å². The van der Waals surface area contributed by atoms with Crippen molar-refractivity contribution in [3.63, 3.8) is 0 Å². The average Bonchev–Trinajstić information content (AvgIpc) is 3.84. The van der Waals surface area contributed by atoms with Gasteiger partial charge in [-0.2, -0.15) is 0 Å². The highest BCUT2D eigenvalue weighted by atomic mass is 16.5. The second-order valence-electron chi connectivity index (χ2n) is 16.6. The molecular weight excluding hydrogens is 737 g/mol. The van der Waals surface area contributed by atoms with E-state index in [9.17, 15) is 19.2 Å². The van der Waals surface area contributed by atoms with E-state index in [1.165, 1.54) is 16.4 Å². The van der Waals surface area contributed by atoms with Gasteiger partial charge in [0.2, 0.25) is 5.88 Å². The highest BCUT2D eigenvalue weighted by molar-refractivity contribution is 6.23. The third kappa shape index (κ3) is 6.84. The van der Waals surface area contributed by atoms with Crippen LogP contribution >= 0.6 is 0 Å². The molecule has 3 atom stereocenters. The zero-order chi connectivity index (χ0) is 39.5. The van der Waals surface area contributed by atoms with Gasteiger partial charge in [-0.3, -0.25) is 34.0 Å². The molecule has 13 nitrogen and oxygen atoms in total. The van der Waals surface area contributed by atoms with Crippen molar-refractivity contribution in [2.45, 2.75) is 62.8 Å². The monoisotopic (exact) mass is 782 g/mol. The minimum atomic E-state index is -0.886. The van der Waals surface area contributed by atoms with Gasteiger partial charge in [-0.1, -0.05) is 12.1 Å². The molecule has 2 saturated heterocycles. The molecule has 6 heterocycles. The summed E-state index contributed by atoms with van der Waals surface area (Å²) in [6, 6.07) is 17.1. The number of carbonyl (C=O) groups excluding carboxylic acids is 4. The van der Waals surface area contributed by atoms with E-state index >= 15 is 0 Å². The van der Waals surface area contributed by atoms with Crippen LogP contribution in [0.25, 0.3) is 32.9 Å². The maximum absolute atomic E-state index is 13.2. The first-order valence-corrected chi connectivity index (χ1v) is 20.5. The number of rotatable bonds is 11. The van der Waals surface area contributed by atoms with E-state index in [0.717, 1.165) is 73.4 Å². The van der Waals surface area contributed by atoms with Crippen LogP contribution in [0, 0.1) is 5.92 Å². The van der Waals surface area contributed by atoms with Crippen LogP contribution in [0.4, 0.5) is 0 Å². The number of fused-ring (bicyclic) bond motifs is 5. The van der Waals surface area contributed by atoms with Crippen molar-refractivity contribution < 1.29 is 33.4 Å². The summed E-state index contributed by atoms with van der Waals surface area (Å²) in [5.74, 6) is 0.233. The van der Waals surface area contributed by atoms with Crippen LogP contribution in [-0.2, 0) is 21.4 Å². The lowest BCUT2D eigenvalue weighted by Gasteiger charge is -2.42. The van der Waals surface area contributed by atoms with Crippen LogP contribution in [0.5, 0.6) is 11.6 Å². The highest BCUT2D eigenvalue weighted by Crippen LogP contribution is 2.36. The Morgan fingerprint density at radius 1 is 0.793 bits per heavy atom. The number of ketones is 2. The fourth-order valence-corrected chi connectivity index (χ4v) is 9.78. The molecule has 3 aliphatic heterocycles. The van der Waals surface area contributed by atoms with Gasteiger partial charge in [-0.15, -0.1) is 0 Å². The van der Waals surface area contributed by atoms with E-state index in [1.807, 2.05) is 24.7 Å². The fourth-order valence-electron chi connectivity index (χ4n) is 9.78. The van der Waals surface area contributed by atoms with Gasteiger partial charge in [0, 0.05) is 98.7 Å². The predicted molar refractivity (Wildman–Crippen MR) is 215 cm³/mol. The number of imide groups is 1. The molecule has 2 aromatic carbocycles.